The third kappa shape index (κ3) is 1.94. The molecule has 0 bridgehead atoms. The van der Waals surface area contributed by atoms with Gasteiger partial charge in [0.2, 0.25) is 5.43 Å². The number of aromatic hydroxyl groups is 2. The minimum Gasteiger partial charge on any atom is -0.506 e. The fraction of sp³-hybridized carbons (Fsp3) is 0.0714. The summed E-state index contributed by atoms with van der Waals surface area (Å²) in [5.41, 5.74) is 0.0792. The zero-order valence-electron chi connectivity index (χ0n) is 10.5. The van der Waals surface area contributed by atoms with Gasteiger partial charge < -0.3 is 14.6 Å². The van der Waals surface area contributed by atoms with Crippen LogP contribution < -0.4 is 5.43 Å². The van der Waals surface area contributed by atoms with Crippen LogP contribution in [-0.2, 0) is 0 Å². The number of fused-ring (bicyclic) bond motifs is 2. The molecular weight excluding hydrogens is 339 g/mol. The van der Waals surface area contributed by atoms with Gasteiger partial charge in [-0.15, -0.1) is 0 Å². The van der Waals surface area contributed by atoms with Crippen molar-refractivity contribution in [2.24, 2.45) is 0 Å². The molecule has 21 heavy (non-hydrogen) atoms. The van der Waals surface area contributed by atoms with E-state index in [1.54, 1.807) is 6.92 Å². The van der Waals surface area contributed by atoms with E-state index in [-0.39, 0.29) is 48.5 Å². The zero-order chi connectivity index (χ0) is 15.5. The summed E-state index contributed by atoms with van der Waals surface area (Å²) in [6.45, 7) is 1.57. The first-order valence-electron chi connectivity index (χ1n) is 5.78. The van der Waals surface area contributed by atoms with E-state index in [4.69, 9.17) is 39.2 Å². The predicted octanol–water partition coefficient (Wildman–Crippen LogP) is 4.63. The molecule has 0 atom stereocenters. The Balaban J connectivity index is 2.67. The van der Waals surface area contributed by atoms with E-state index in [9.17, 15) is 15.0 Å². The van der Waals surface area contributed by atoms with Crippen LogP contribution in [0.15, 0.2) is 21.3 Å². The Bertz CT molecular complexity index is 976. The van der Waals surface area contributed by atoms with Crippen molar-refractivity contribution in [1.29, 1.82) is 0 Å². The van der Waals surface area contributed by atoms with Crippen LogP contribution in [0.5, 0.6) is 11.5 Å². The molecule has 0 aliphatic heterocycles. The molecule has 7 heteroatoms. The van der Waals surface area contributed by atoms with E-state index in [0.717, 1.165) is 0 Å². The third-order valence-corrected chi connectivity index (χ3v) is 4.40. The molecule has 3 aromatic rings. The van der Waals surface area contributed by atoms with Crippen LogP contribution in [0.25, 0.3) is 21.9 Å². The summed E-state index contributed by atoms with van der Waals surface area (Å²) in [6.07, 6.45) is 0. The van der Waals surface area contributed by atoms with Crippen molar-refractivity contribution in [3.05, 3.63) is 43.0 Å². The molecule has 2 aromatic carbocycles. The van der Waals surface area contributed by atoms with E-state index in [2.05, 4.69) is 0 Å². The second kappa shape index (κ2) is 4.70. The van der Waals surface area contributed by atoms with Gasteiger partial charge in [0.1, 0.15) is 16.4 Å². The normalized spacial score (nSPS) is 11.4. The van der Waals surface area contributed by atoms with Crippen molar-refractivity contribution in [2.45, 2.75) is 6.92 Å². The van der Waals surface area contributed by atoms with Gasteiger partial charge in [0.15, 0.2) is 11.3 Å². The van der Waals surface area contributed by atoms with Crippen molar-refractivity contribution in [3.8, 4) is 11.5 Å². The molecule has 0 amide bonds. The first-order valence-corrected chi connectivity index (χ1v) is 6.92. The molecule has 1 heterocycles. The first-order chi connectivity index (χ1) is 9.82. The molecule has 0 radical (unpaired) electrons. The summed E-state index contributed by atoms with van der Waals surface area (Å²) < 4.78 is 5.54. The summed E-state index contributed by atoms with van der Waals surface area (Å²) in [5, 5.41) is 19.7. The van der Waals surface area contributed by atoms with Crippen molar-refractivity contribution in [3.63, 3.8) is 0 Å². The average molecular weight is 346 g/mol. The molecule has 0 fully saturated rings. The van der Waals surface area contributed by atoms with Crippen LogP contribution >= 0.6 is 34.8 Å². The molecule has 0 saturated heterocycles. The first kappa shape index (κ1) is 14.3. The van der Waals surface area contributed by atoms with Crippen molar-refractivity contribution in [1.82, 2.24) is 0 Å². The molecule has 0 saturated carbocycles. The van der Waals surface area contributed by atoms with Gasteiger partial charge >= 0.3 is 0 Å². The molecule has 0 spiro atoms. The van der Waals surface area contributed by atoms with Crippen LogP contribution in [0, 0.1) is 6.92 Å². The predicted molar refractivity (Wildman–Crippen MR) is 83.1 cm³/mol. The average Bonchev–Trinajstić information content (AvgIpc) is 2.45. The number of aryl methyl sites for hydroxylation is 1. The number of halogens is 3. The molecule has 0 aliphatic carbocycles. The highest BCUT2D eigenvalue weighted by atomic mass is 35.5. The Hall–Kier alpha value is -1.62. The molecule has 3 rings (SSSR count). The van der Waals surface area contributed by atoms with Gasteiger partial charge in [0, 0.05) is 6.07 Å². The van der Waals surface area contributed by atoms with E-state index < -0.39 is 5.43 Å². The molecule has 0 aliphatic rings. The lowest BCUT2D eigenvalue weighted by molar-refractivity contribution is 0.473. The highest BCUT2D eigenvalue weighted by Crippen LogP contribution is 2.41. The van der Waals surface area contributed by atoms with Crippen LogP contribution in [0.1, 0.15) is 5.56 Å². The molecule has 108 valence electrons. The molecule has 0 unspecified atom stereocenters. The standard InChI is InChI=1S/C14H7Cl3O4/c1-4-9-12(19)5-2-6(15)7(18)3-8(5)21-14(9)11(17)13(20)10(4)16/h2-3,18,20H,1H3. The van der Waals surface area contributed by atoms with Crippen molar-refractivity contribution < 1.29 is 14.6 Å². The summed E-state index contributed by atoms with van der Waals surface area (Å²) in [5.74, 6) is -0.582. The zero-order valence-corrected chi connectivity index (χ0v) is 12.8. The van der Waals surface area contributed by atoms with Gasteiger partial charge in [0.25, 0.3) is 0 Å². The van der Waals surface area contributed by atoms with E-state index >= 15 is 0 Å². The minimum absolute atomic E-state index is 0.00953. The fourth-order valence-electron chi connectivity index (χ4n) is 2.19. The van der Waals surface area contributed by atoms with E-state index in [0.29, 0.717) is 5.56 Å². The smallest absolute Gasteiger partial charge is 0.200 e. The monoisotopic (exact) mass is 344 g/mol. The Kier molecular flexibility index (Phi) is 3.20. The summed E-state index contributed by atoms with van der Waals surface area (Å²) in [4.78, 5) is 12.6. The van der Waals surface area contributed by atoms with Crippen LogP contribution in [0.4, 0.5) is 0 Å². The fourth-order valence-corrected chi connectivity index (χ4v) is 2.82. The lowest BCUT2D eigenvalue weighted by Crippen LogP contribution is -2.05. The van der Waals surface area contributed by atoms with Gasteiger partial charge in [-0.05, 0) is 18.6 Å². The van der Waals surface area contributed by atoms with Crippen molar-refractivity contribution in [2.75, 3.05) is 0 Å². The Morgan fingerprint density at radius 3 is 2.43 bits per heavy atom. The number of benzene rings is 2. The lowest BCUT2D eigenvalue weighted by Gasteiger charge is -2.10. The Labute approximate surface area is 133 Å². The van der Waals surface area contributed by atoms with Gasteiger partial charge in [-0.1, -0.05) is 34.8 Å². The second-order valence-electron chi connectivity index (χ2n) is 4.54. The molecular formula is C14H7Cl3O4. The number of hydrogen-bond donors (Lipinski definition) is 2. The van der Waals surface area contributed by atoms with Gasteiger partial charge in [0.05, 0.1) is 20.8 Å². The third-order valence-electron chi connectivity index (χ3n) is 3.28. The highest BCUT2D eigenvalue weighted by Gasteiger charge is 2.20. The van der Waals surface area contributed by atoms with Crippen LogP contribution in [-0.4, -0.2) is 10.2 Å². The number of phenolic OH excluding ortho intramolecular Hbond substituents is 2. The van der Waals surface area contributed by atoms with Crippen molar-refractivity contribution >= 4 is 56.7 Å². The minimum atomic E-state index is -0.394. The molecule has 1 aromatic heterocycles. The Morgan fingerprint density at radius 1 is 1.10 bits per heavy atom. The summed E-state index contributed by atoms with van der Waals surface area (Å²) in [7, 11) is 0. The molecule has 4 nitrogen and oxygen atoms in total. The second-order valence-corrected chi connectivity index (χ2v) is 5.70. The maximum absolute atomic E-state index is 12.6. The summed E-state index contributed by atoms with van der Waals surface area (Å²) >= 11 is 17.8. The number of hydrogen-bond acceptors (Lipinski definition) is 4. The lowest BCUT2D eigenvalue weighted by atomic mass is 10.1. The highest BCUT2D eigenvalue weighted by molar-refractivity contribution is 6.41. The van der Waals surface area contributed by atoms with Gasteiger partial charge in [-0.2, -0.15) is 0 Å². The van der Waals surface area contributed by atoms with Gasteiger partial charge in [-0.3, -0.25) is 4.79 Å². The number of phenols is 2. The van der Waals surface area contributed by atoms with Crippen LogP contribution in [0.2, 0.25) is 15.1 Å². The maximum Gasteiger partial charge on any atom is 0.200 e. The topological polar surface area (TPSA) is 70.7 Å². The quantitative estimate of drug-likeness (QED) is 0.583. The van der Waals surface area contributed by atoms with Crippen LogP contribution in [0.3, 0.4) is 0 Å². The molecule has 2 N–H and O–H groups in total. The summed E-state index contributed by atoms with van der Waals surface area (Å²) in [6, 6.07) is 2.53. The van der Waals surface area contributed by atoms with Gasteiger partial charge in [-0.25, -0.2) is 0 Å². The van der Waals surface area contributed by atoms with E-state index in [1.165, 1.54) is 12.1 Å². The number of rotatable bonds is 0. The maximum atomic E-state index is 12.6. The SMILES string of the molecule is Cc1c(Cl)c(O)c(Cl)c2oc3cc(O)c(Cl)cc3c(=O)c12. The Morgan fingerprint density at radius 2 is 1.76 bits per heavy atom. The largest absolute Gasteiger partial charge is 0.506 e. The van der Waals surface area contributed by atoms with E-state index in [1.807, 2.05) is 0 Å².